The number of hydrogen-bond donors (Lipinski definition) is 2. The molecule has 2 aliphatic heterocycles. The molecule has 3 rings (SSSR count). The van der Waals surface area contributed by atoms with E-state index in [2.05, 4.69) is 10.6 Å². The Bertz CT molecular complexity index is 797. The molecule has 0 unspecified atom stereocenters. The summed E-state index contributed by atoms with van der Waals surface area (Å²) in [6.45, 7) is 4.74. The highest BCUT2D eigenvalue weighted by atomic mass is 16.5. The zero-order chi connectivity index (χ0) is 21.7. The molecule has 2 aliphatic rings. The summed E-state index contributed by atoms with van der Waals surface area (Å²) in [6, 6.07) is 4.95. The van der Waals surface area contributed by atoms with E-state index < -0.39 is 0 Å². The van der Waals surface area contributed by atoms with Crippen LogP contribution in [0.25, 0.3) is 0 Å². The van der Waals surface area contributed by atoms with Crippen molar-refractivity contribution in [2.45, 2.75) is 64.2 Å². The molecule has 8 nitrogen and oxygen atoms in total. The minimum atomic E-state index is -0.302. The number of carbonyl (C=O) groups excluding carboxylic acids is 3. The first-order valence-electron chi connectivity index (χ1n) is 10.7. The Morgan fingerprint density at radius 2 is 2.00 bits per heavy atom. The SMILES string of the molecule is CCCNC(=O)C[C@H]1CC[C@@H]2[C@@H](COc3ccc(NC(=O)CC)cc3C(=O)N2C)O1. The van der Waals surface area contributed by atoms with Gasteiger partial charge in [-0.25, -0.2) is 0 Å². The molecule has 0 aromatic heterocycles. The molecule has 0 radical (unpaired) electrons. The maximum Gasteiger partial charge on any atom is 0.257 e. The van der Waals surface area contributed by atoms with Crippen molar-refractivity contribution in [2.24, 2.45) is 0 Å². The number of fused-ring (bicyclic) bond motifs is 2. The fraction of sp³-hybridized carbons (Fsp3) is 0.591. The lowest BCUT2D eigenvalue weighted by Gasteiger charge is -2.42. The van der Waals surface area contributed by atoms with Gasteiger partial charge in [-0.05, 0) is 37.5 Å². The first-order chi connectivity index (χ1) is 14.4. The van der Waals surface area contributed by atoms with Crippen LogP contribution in [0, 0.1) is 0 Å². The van der Waals surface area contributed by atoms with E-state index in [1.807, 2.05) is 6.92 Å². The Balaban J connectivity index is 1.72. The average Bonchev–Trinajstić information content (AvgIpc) is 2.75. The molecule has 1 saturated heterocycles. The molecule has 1 fully saturated rings. The lowest BCUT2D eigenvalue weighted by Crippen LogP contribution is -2.54. The quantitative estimate of drug-likeness (QED) is 0.741. The predicted molar refractivity (Wildman–Crippen MR) is 113 cm³/mol. The van der Waals surface area contributed by atoms with Gasteiger partial charge >= 0.3 is 0 Å². The van der Waals surface area contributed by atoms with Crippen molar-refractivity contribution in [1.82, 2.24) is 10.2 Å². The van der Waals surface area contributed by atoms with Gasteiger partial charge in [0.1, 0.15) is 18.5 Å². The Hall–Kier alpha value is -2.61. The second kappa shape index (κ2) is 9.93. The third-order valence-corrected chi connectivity index (χ3v) is 5.60. The summed E-state index contributed by atoms with van der Waals surface area (Å²) >= 11 is 0. The number of carbonyl (C=O) groups is 3. The Morgan fingerprint density at radius 1 is 1.20 bits per heavy atom. The Labute approximate surface area is 177 Å². The van der Waals surface area contributed by atoms with E-state index in [9.17, 15) is 14.4 Å². The summed E-state index contributed by atoms with van der Waals surface area (Å²) in [5.74, 6) is 0.169. The van der Waals surface area contributed by atoms with Gasteiger partial charge in [-0.1, -0.05) is 13.8 Å². The summed E-state index contributed by atoms with van der Waals surface area (Å²) in [5.41, 5.74) is 0.993. The van der Waals surface area contributed by atoms with Crippen LogP contribution in [-0.4, -0.2) is 61.1 Å². The summed E-state index contributed by atoms with van der Waals surface area (Å²) < 4.78 is 12.1. The lowest BCUT2D eigenvalue weighted by atomic mass is 9.94. The van der Waals surface area contributed by atoms with Crippen molar-refractivity contribution in [3.63, 3.8) is 0 Å². The molecule has 0 aliphatic carbocycles. The number of hydrogen-bond acceptors (Lipinski definition) is 5. The largest absolute Gasteiger partial charge is 0.490 e. The van der Waals surface area contributed by atoms with Crippen LogP contribution in [0.3, 0.4) is 0 Å². The normalized spacial score (nSPS) is 23.4. The van der Waals surface area contributed by atoms with E-state index in [0.29, 0.717) is 49.4 Å². The minimum absolute atomic E-state index is 0.0107. The smallest absolute Gasteiger partial charge is 0.257 e. The van der Waals surface area contributed by atoms with E-state index in [0.717, 1.165) is 12.8 Å². The van der Waals surface area contributed by atoms with Crippen molar-refractivity contribution in [1.29, 1.82) is 0 Å². The molecule has 3 amide bonds. The highest BCUT2D eigenvalue weighted by Crippen LogP contribution is 2.32. The van der Waals surface area contributed by atoms with E-state index >= 15 is 0 Å². The van der Waals surface area contributed by atoms with Gasteiger partial charge < -0.3 is 25.0 Å². The molecule has 0 spiro atoms. The molecular formula is C22H31N3O5. The number of rotatable bonds is 6. The van der Waals surface area contributed by atoms with Gasteiger partial charge in [0, 0.05) is 25.7 Å². The third kappa shape index (κ3) is 5.11. The van der Waals surface area contributed by atoms with Crippen LogP contribution in [0.2, 0.25) is 0 Å². The highest BCUT2D eigenvalue weighted by Gasteiger charge is 2.39. The van der Waals surface area contributed by atoms with Gasteiger partial charge in [0.05, 0.1) is 24.1 Å². The van der Waals surface area contributed by atoms with Crippen molar-refractivity contribution < 1.29 is 23.9 Å². The molecule has 1 aromatic rings. The van der Waals surface area contributed by atoms with Crippen LogP contribution in [-0.2, 0) is 14.3 Å². The Morgan fingerprint density at radius 3 is 2.73 bits per heavy atom. The van der Waals surface area contributed by atoms with Crippen LogP contribution in [0.4, 0.5) is 5.69 Å². The zero-order valence-corrected chi connectivity index (χ0v) is 17.9. The number of amides is 3. The number of anilines is 1. The summed E-state index contributed by atoms with van der Waals surface area (Å²) in [6.07, 6.45) is 2.54. The van der Waals surface area contributed by atoms with Crippen LogP contribution >= 0.6 is 0 Å². The molecule has 0 saturated carbocycles. The number of likely N-dealkylation sites (N-methyl/N-ethyl adjacent to an activating group) is 1. The summed E-state index contributed by atoms with van der Waals surface area (Å²) in [7, 11) is 1.77. The van der Waals surface area contributed by atoms with Crippen LogP contribution < -0.4 is 15.4 Å². The maximum absolute atomic E-state index is 13.1. The molecule has 3 atom stereocenters. The summed E-state index contributed by atoms with van der Waals surface area (Å²) in [4.78, 5) is 38.6. The lowest BCUT2D eigenvalue weighted by molar-refractivity contribution is -0.134. The van der Waals surface area contributed by atoms with Gasteiger partial charge in [-0.3, -0.25) is 14.4 Å². The van der Waals surface area contributed by atoms with Crippen LogP contribution in [0.5, 0.6) is 5.75 Å². The molecule has 8 heteroatoms. The van der Waals surface area contributed by atoms with Gasteiger partial charge in [0.25, 0.3) is 5.91 Å². The molecule has 2 N–H and O–H groups in total. The highest BCUT2D eigenvalue weighted by molar-refractivity contribution is 5.99. The third-order valence-electron chi connectivity index (χ3n) is 5.60. The van der Waals surface area contributed by atoms with Crippen molar-refractivity contribution >= 4 is 23.4 Å². The fourth-order valence-corrected chi connectivity index (χ4v) is 3.90. The molecule has 30 heavy (non-hydrogen) atoms. The first kappa shape index (κ1) is 22.1. The minimum Gasteiger partial charge on any atom is -0.490 e. The molecule has 164 valence electrons. The van der Waals surface area contributed by atoms with Gasteiger partial charge in [0.15, 0.2) is 0 Å². The monoisotopic (exact) mass is 417 g/mol. The van der Waals surface area contributed by atoms with Gasteiger partial charge in [-0.15, -0.1) is 0 Å². The number of nitrogens with one attached hydrogen (secondary N) is 2. The average molecular weight is 418 g/mol. The zero-order valence-electron chi connectivity index (χ0n) is 17.9. The van der Waals surface area contributed by atoms with Crippen molar-refractivity contribution in [3.8, 4) is 5.75 Å². The molecule has 1 aromatic carbocycles. The van der Waals surface area contributed by atoms with Crippen LogP contribution in [0.1, 0.15) is 56.3 Å². The first-order valence-corrected chi connectivity index (χ1v) is 10.7. The number of ether oxygens (including phenoxy) is 2. The number of benzene rings is 1. The molecular weight excluding hydrogens is 386 g/mol. The second-order valence-corrected chi connectivity index (χ2v) is 7.84. The van der Waals surface area contributed by atoms with Gasteiger partial charge in [-0.2, -0.15) is 0 Å². The molecule has 0 bridgehead atoms. The fourth-order valence-electron chi connectivity index (χ4n) is 3.90. The maximum atomic E-state index is 13.1. The van der Waals surface area contributed by atoms with Crippen LogP contribution in [0.15, 0.2) is 18.2 Å². The predicted octanol–water partition coefficient (Wildman–Crippen LogP) is 2.33. The van der Waals surface area contributed by atoms with Gasteiger partial charge in [0.2, 0.25) is 11.8 Å². The van der Waals surface area contributed by atoms with Crippen molar-refractivity contribution in [2.75, 3.05) is 25.5 Å². The van der Waals surface area contributed by atoms with E-state index in [1.165, 1.54) is 0 Å². The second-order valence-electron chi connectivity index (χ2n) is 7.84. The Kier molecular flexibility index (Phi) is 7.31. The van der Waals surface area contributed by atoms with Crippen molar-refractivity contribution in [3.05, 3.63) is 23.8 Å². The topological polar surface area (TPSA) is 97.0 Å². The van der Waals surface area contributed by atoms with E-state index in [-0.39, 0.29) is 36.0 Å². The standard InChI is InChI=1S/C22H31N3O5/c1-4-10-23-21(27)12-15-7-8-17-19(30-15)13-29-18-9-6-14(24-20(26)5-2)11-16(18)22(28)25(17)3/h6,9,11,15,17,19H,4-5,7-8,10,12-13H2,1-3H3,(H,23,27)(H,24,26)/t15-,17-,19-/m1/s1. The number of nitrogens with zero attached hydrogens (tertiary/aromatic N) is 1. The van der Waals surface area contributed by atoms with E-state index in [4.69, 9.17) is 9.47 Å². The molecule has 2 heterocycles. The van der Waals surface area contributed by atoms with E-state index in [1.54, 1.807) is 37.1 Å². The summed E-state index contributed by atoms with van der Waals surface area (Å²) in [5, 5.41) is 5.66.